The molecule has 0 aliphatic carbocycles. The molecule has 7 atom stereocenters. The van der Waals surface area contributed by atoms with E-state index in [1.54, 1.807) is 36.5 Å². The number of carbonyl (C=O) groups is 7. The van der Waals surface area contributed by atoms with Crippen LogP contribution >= 0.6 is 0 Å². The number of Topliss-reactive ketones (excluding diaryl/α,β-unsaturated/α-hetero) is 2. The van der Waals surface area contributed by atoms with Crippen molar-refractivity contribution in [2.45, 2.75) is 126 Å². The van der Waals surface area contributed by atoms with Gasteiger partial charge in [-0.05, 0) is 56.2 Å². The molecule has 5 rings (SSSR count). The van der Waals surface area contributed by atoms with E-state index in [0.717, 1.165) is 16.5 Å². The molecular formula is C44H60N10O8. The number of nitrogens with two attached hydrogens (primary N) is 3. The summed E-state index contributed by atoms with van der Waals surface area (Å²) < 4.78 is 0. The van der Waals surface area contributed by atoms with Gasteiger partial charge in [-0.1, -0.05) is 61.4 Å². The molecule has 12 N–H and O–H groups in total. The Hall–Kier alpha value is -6.14. The molecule has 2 aliphatic heterocycles. The van der Waals surface area contributed by atoms with Crippen LogP contribution in [0.15, 0.2) is 65.8 Å². The number of nitrogens with one attached hydrogen (secondary N) is 5. The molecular weight excluding hydrogens is 797 g/mol. The van der Waals surface area contributed by atoms with Crippen LogP contribution in [0, 0.1) is 0 Å². The van der Waals surface area contributed by atoms with Crippen molar-refractivity contribution in [1.29, 1.82) is 0 Å². The number of guanidine groups is 1. The lowest BCUT2D eigenvalue weighted by molar-refractivity contribution is -0.140. The zero-order chi connectivity index (χ0) is 44.8. The standard InChI is InChI=1S/C44H60N10O8/c1-26(55)33-15-7-3-6-13-29(56)18-19-32(45)43(62)54-25-30(57)23-38(54)42(61)53-36(21-27-11-4-2-5-12-27)40(59)51-35(17-10-20-48-44(46)47)39(58)52-37(41(60)50-33)22-28-24-49-34-16-9-8-14-31(28)34/h2,4-5,8-9,11-12,14,16,24,30,32-33,35-38,49,57H,3,6-7,10,13,15,17-23,25,45H2,1H3,(H,50,60)(H,51,59)(H,52,58)(H,53,61)(H4,46,47,48)/t30-,32+,33+,35+,36-,37+,38+/m1/s1. The number of ketones is 2. The highest BCUT2D eigenvalue weighted by atomic mass is 16.3. The largest absolute Gasteiger partial charge is 0.391 e. The van der Waals surface area contributed by atoms with Crippen molar-refractivity contribution in [3.05, 3.63) is 71.9 Å². The SMILES string of the molecule is CC(=O)[C@@H]1CCCCCC(=O)CC[C@H](N)C(=O)N2C[C@H](O)C[C@H]2C(=O)N[C@H](Cc2ccccc2)C(=O)N[C@@H](CCCN=C(N)N)C(=O)N[C@@H](Cc2c[nH]c3ccccc23)C(=O)N1. The third kappa shape index (κ3) is 13.4. The number of rotatable bonds is 9. The van der Waals surface area contributed by atoms with Gasteiger partial charge in [0.05, 0.1) is 18.2 Å². The van der Waals surface area contributed by atoms with E-state index < -0.39 is 71.9 Å². The van der Waals surface area contributed by atoms with Crippen LogP contribution in [-0.2, 0) is 46.4 Å². The van der Waals surface area contributed by atoms with Crippen molar-refractivity contribution in [3.8, 4) is 0 Å². The van der Waals surface area contributed by atoms with E-state index in [0.29, 0.717) is 31.2 Å². The topological polar surface area (TPSA) is 297 Å². The van der Waals surface area contributed by atoms with Gasteiger partial charge >= 0.3 is 0 Å². The molecule has 0 saturated carbocycles. The van der Waals surface area contributed by atoms with Gasteiger partial charge in [0.25, 0.3) is 0 Å². The molecule has 1 aromatic heterocycles. The molecule has 3 heterocycles. The van der Waals surface area contributed by atoms with Crippen LogP contribution in [-0.4, -0.2) is 117 Å². The minimum Gasteiger partial charge on any atom is -0.391 e. The summed E-state index contributed by atoms with van der Waals surface area (Å²) >= 11 is 0. The lowest BCUT2D eigenvalue weighted by atomic mass is 9.99. The Labute approximate surface area is 360 Å². The summed E-state index contributed by atoms with van der Waals surface area (Å²) in [7, 11) is 0. The van der Waals surface area contributed by atoms with Gasteiger partial charge in [0.1, 0.15) is 30.0 Å². The molecule has 18 nitrogen and oxygen atoms in total. The molecule has 2 aromatic carbocycles. The van der Waals surface area contributed by atoms with Crippen LogP contribution in [0.1, 0.15) is 82.3 Å². The van der Waals surface area contributed by atoms with Gasteiger partial charge in [-0.15, -0.1) is 0 Å². The number of H-pyrrole nitrogens is 1. The summed E-state index contributed by atoms with van der Waals surface area (Å²) in [5, 5.41) is 22.7. The van der Waals surface area contributed by atoms with Crippen LogP contribution in [0.4, 0.5) is 0 Å². The van der Waals surface area contributed by atoms with Gasteiger partial charge in [0.15, 0.2) is 11.7 Å². The van der Waals surface area contributed by atoms with Gasteiger partial charge in [-0.25, -0.2) is 0 Å². The molecule has 62 heavy (non-hydrogen) atoms. The van der Waals surface area contributed by atoms with E-state index in [2.05, 4.69) is 31.2 Å². The second-order valence-electron chi connectivity index (χ2n) is 16.2. The van der Waals surface area contributed by atoms with E-state index in [9.17, 15) is 38.7 Å². The fourth-order valence-corrected chi connectivity index (χ4v) is 7.95. The number of amides is 5. The van der Waals surface area contributed by atoms with E-state index in [4.69, 9.17) is 17.2 Å². The number of benzene rings is 2. The summed E-state index contributed by atoms with van der Waals surface area (Å²) in [6.45, 7) is 1.33. The molecule has 18 heteroatoms. The number of aliphatic hydroxyl groups excluding tert-OH is 1. The summed E-state index contributed by atoms with van der Waals surface area (Å²) in [6.07, 6.45) is 3.08. The Bertz CT molecular complexity index is 2090. The maximum atomic E-state index is 14.4. The molecule has 0 radical (unpaired) electrons. The van der Waals surface area contributed by atoms with Crippen LogP contribution in [0.3, 0.4) is 0 Å². The lowest BCUT2D eigenvalue weighted by Gasteiger charge is -2.29. The fraction of sp³-hybridized carbons (Fsp3) is 0.500. The minimum absolute atomic E-state index is 0.0103. The number of nitrogens with zero attached hydrogens (tertiary/aromatic N) is 2. The van der Waals surface area contributed by atoms with E-state index in [1.807, 2.05) is 24.3 Å². The number of fused-ring (bicyclic) bond motifs is 2. The van der Waals surface area contributed by atoms with Crippen molar-refractivity contribution in [3.63, 3.8) is 0 Å². The first kappa shape index (κ1) is 46.9. The Morgan fingerprint density at radius 1 is 0.790 bits per heavy atom. The fourth-order valence-electron chi connectivity index (χ4n) is 7.95. The number of para-hydroxylation sites is 1. The molecule has 5 amide bonds. The van der Waals surface area contributed by atoms with Crippen molar-refractivity contribution in [2.75, 3.05) is 13.1 Å². The second kappa shape index (κ2) is 22.6. The van der Waals surface area contributed by atoms with Crippen molar-refractivity contribution >= 4 is 58.0 Å². The number of aliphatic hydroxyl groups is 1. The first-order valence-electron chi connectivity index (χ1n) is 21.3. The van der Waals surface area contributed by atoms with E-state index in [1.165, 1.54) is 11.8 Å². The highest BCUT2D eigenvalue weighted by Crippen LogP contribution is 2.22. The molecule has 2 aliphatic rings. The summed E-state index contributed by atoms with van der Waals surface area (Å²) in [4.78, 5) is 105. The second-order valence-corrected chi connectivity index (χ2v) is 16.2. The molecule has 2 saturated heterocycles. The highest BCUT2D eigenvalue weighted by molar-refractivity contribution is 5.97. The van der Waals surface area contributed by atoms with E-state index in [-0.39, 0.29) is 82.0 Å². The number of aliphatic imine (C=N–C) groups is 1. The summed E-state index contributed by atoms with van der Waals surface area (Å²) in [5.41, 5.74) is 19.6. The van der Waals surface area contributed by atoms with Gasteiger partial charge in [-0.3, -0.25) is 38.6 Å². The van der Waals surface area contributed by atoms with Gasteiger partial charge in [0, 0.05) is 62.3 Å². The third-order valence-corrected chi connectivity index (χ3v) is 11.4. The maximum Gasteiger partial charge on any atom is 0.243 e. The smallest absolute Gasteiger partial charge is 0.243 e. The van der Waals surface area contributed by atoms with Crippen LogP contribution in [0.2, 0.25) is 0 Å². The maximum absolute atomic E-state index is 14.4. The quantitative estimate of drug-likeness (QED) is 0.0792. The lowest BCUT2D eigenvalue weighted by Crippen LogP contribution is -2.59. The van der Waals surface area contributed by atoms with Crippen LogP contribution in [0.25, 0.3) is 10.9 Å². The first-order chi connectivity index (χ1) is 29.7. The van der Waals surface area contributed by atoms with Gasteiger partial charge < -0.3 is 53.5 Å². The molecule has 334 valence electrons. The average Bonchev–Trinajstić information content (AvgIpc) is 3.85. The van der Waals surface area contributed by atoms with Crippen molar-refractivity contribution in [2.24, 2.45) is 22.2 Å². The van der Waals surface area contributed by atoms with Crippen LogP contribution < -0.4 is 38.5 Å². The molecule has 0 bridgehead atoms. The number of hydrogen-bond donors (Lipinski definition) is 9. The number of hydrogen-bond acceptors (Lipinski definition) is 10. The third-order valence-electron chi connectivity index (χ3n) is 11.4. The molecule has 3 aromatic rings. The van der Waals surface area contributed by atoms with E-state index >= 15 is 0 Å². The Morgan fingerprint density at radius 3 is 2.19 bits per heavy atom. The van der Waals surface area contributed by atoms with Gasteiger partial charge in [0.2, 0.25) is 29.5 Å². The Kier molecular flexibility index (Phi) is 17.1. The highest BCUT2D eigenvalue weighted by Gasteiger charge is 2.42. The first-order valence-corrected chi connectivity index (χ1v) is 21.3. The zero-order valence-electron chi connectivity index (χ0n) is 35.1. The number of aromatic amines is 1. The normalized spacial score (nSPS) is 25.5. The molecule has 0 spiro atoms. The van der Waals surface area contributed by atoms with Gasteiger partial charge in [-0.2, -0.15) is 0 Å². The molecule has 2 fully saturated rings. The predicted molar refractivity (Wildman–Crippen MR) is 232 cm³/mol. The van der Waals surface area contributed by atoms with Crippen molar-refractivity contribution in [1.82, 2.24) is 31.2 Å². The minimum atomic E-state index is -1.27. The number of aromatic nitrogens is 1. The summed E-state index contributed by atoms with van der Waals surface area (Å²) in [5.74, 6) is -3.92. The Morgan fingerprint density at radius 2 is 1.45 bits per heavy atom. The summed E-state index contributed by atoms with van der Waals surface area (Å²) in [6, 6.07) is 9.44. The monoisotopic (exact) mass is 856 g/mol. The zero-order valence-corrected chi connectivity index (χ0v) is 35.1. The number of carbonyl (C=O) groups excluding carboxylic acids is 7. The van der Waals surface area contributed by atoms with Crippen molar-refractivity contribution < 1.29 is 38.7 Å². The molecule has 0 unspecified atom stereocenters. The predicted octanol–water partition coefficient (Wildman–Crippen LogP) is 0.137. The Balaban J connectivity index is 1.49. The van der Waals surface area contributed by atoms with Crippen LogP contribution in [0.5, 0.6) is 0 Å². The average molecular weight is 857 g/mol.